The van der Waals surface area contributed by atoms with Gasteiger partial charge >= 0.3 is 0 Å². The number of pyridine rings is 1. The highest BCUT2D eigenvalue weighted by Gasteiger charge is 2.30. The fraction of sp³-hybridized carbons (Fsp3) is 0.353. The van der Waals surface area contributed by atoms with Crippen molar-refractivity contribution in [1.29, 1.82) is 0 Å². The van der Waals surface area contributed by atoms with E-state index in [4.69, 9.17) is 5.73 Å². The molecule has 1 atom stereocenters. The Morgan fingerprint density at radius 1 is 0.947 bits per heavy atom. The van der Waals surface area contributed by atoms with Crippen LogP contribution >= 0.6 is 0 Å². The van der Waals surface area contributed by atoms with E-state index < -0.39 is 0 Å². The predicted octanol–water partition coefficient (Wildman–Crippen LogP) is 4.09. The number of aromatic nitrogens is 1. The predicted molar refractivity (Wildman–Crippen MR) is 82.0 cm³/mol. The zero-order valence-electron chi connectivity index (χ0n) is 12.3. The Kier molecular flexibility index (Phi) is 5.71. The second kappa shape index (κ2) is 7.05. The molecular weight excluding hydrogens is 232 g/mol. The van der Waals surface area contributed by atoms with Gasteiger partial charge in [0, 0.05) is 23.3 Å². The van der Waals surface area contributed by atoms with Crippen molar-refractivity contribution in [3.63, 3.8) is 0 Å². The van der Waals surface area contributed by atoms with Gasteiger partial charge in [-0.25, -0.2) is 0 Å². The summed E-state index contributed by atoms with van der Waals surface area (Å²) in [5.41, 5.74) is 8.35. The van der Waals surface area contributed by atoms with Gasteiger partial charge in [-0.05, 0) is 17.7 Å². The Morgan fingerprint density at radius 3 is 2.05 bits per heavy atom. The standard InChI is InChI=1S/C15H18N2.C2H6/c1-15(2,13-10-6-7-11-17-13)14(16)12-8-4-3-5-9-12;1-2/h3-11,14H,16H2,1-2H3;1-2H3. The molecule has 2 aromatic rings. The Morgan fingerprint density at radius 2 is 1.53 bits per heavy atom. The minimum Gasteiger partial charge on any atom is -0.323 e. The van der Waals surface area contributed by atoms with Gasteiger partial charge in [0.15, 0.2) is 0 Å². The van der Waals surface area contributed by atoms with Crippen LogP contribution in [0.3, 0.4) is 0 Å². The number of nitrogens with zero attached hydrogens (tertiary/aromatic N) is 1. The van der Waals surface area contributed by atoms with Gasteiger partial charge in [0.2, 0.25) is 0 Å². The summed E-state index contributed by atoms with van der Waals surface area (Å²) in [6.45, 7) is 8.26. The first kappa shape index (κ1) is 15.4. The minimum absolute atomic E-state index is 0.0569. The molecule has 2 N–H and O–H groups in total. The lowest BCUT2D eigenvalue weighted by Gasteiger charge is -2.31. The van der Waals surface area contributed by atoms with E-state index in [9.17, 15) is 0 Å². The molecule has 0 fully saturated rings. The monoisotopic (exact) mass is 256 g/mol. The van der Waals surface area contributed by atoms with E-state index in [1.165, 1.54) is 0 Å². The second-order valence-corrected chi connectivity index (χ2v) is 4.83. The molecule has 2 heteroatoms. The molecule has 2 nitrogen and oxygen atoms in total. The van der Waals surface area contributed by atoms with Crippen LogP contribution < -0.4 is 5.73 Å². The van der Waals surface area contributed by atoms with Crippen LogP contribution in [0.1, 0.15) is 45.0 Å². The molecule has 0 amide bonds. The van der Waals surface area contributed by atoms with Gasteiger partial charge in [-0.3, -0.25) is 4.98 Å². The Bertz CT molecular complexity index is 463. The molecule has 102 valence electrons. The fourth-order valence-electron chi connectivity index (χ4n) is 1.98. The van der Waals surface area contributed by atoms with Gasteiger partial charge in [0.05, 0.1) is 0 Å². The molecular formula is C17H24N2. The third-order valence-electron chi connectivity index (χ3n) is 3.26. The molecule has 1 aromatic heterocycles. The van der Waals surface area contributed by atoms with Crippen molar-refractivity contribution in [2.24, 2.45) is 5.73 Å². The lowest BCUT2D eigenvalue weighted by atomic mass is 9.78. The first-order valence-corrected chi connectivity index (χ1v) is 6.84. The van der Waals surface area contributed by atoms with E-state index in [1.807, 2.05) is 56.4 Å². The number of rotatable bonds is 3. The molecule has 2 rings (SSSR count). The number of benzene rings is 1. The quantitative estimate of drug-likeness (QED) is 0.898. The highest BCUT2D eigenvalue weighted by atomic mass is 14.8. The minimum atomic E-state index is -0.178. The van der Waals surface area contributed by atoms with Crippen molar-refractivity contribution in [2.75, 3.05) is 0 Å². The van der Waals surface area contributed by atoms with Crippen LogP contribution in [0, 0.1) is 0 Å². The Labute approximate surface area is 116 Å². The molecule has 0 radical (unpaired) electrons. The topological polar surface area (TPSA) is 38.9 Å². The van der Waals surface area contributed by atoms with Crippen LogP contribution in [0.15, 0.2) is 54.7 Å². The summed E-state index contributed by atoms with van der Waals surface area (Å²) in [6.07, 6.45) is 1.81. The van der Waals surface area contributed by atoms with Crippen molar-refractivity contribution >= 4 is 0 Å². The summed E-state index contributed by atoms with van der Waals surface area (Å²) < 4.78 is 0. The lowest BCUT2D eigenvalue weighted by molar-refractivity contribution is 0.409. The third-order valence-corrected chi connectivity index (χ3v) is 3.26. The molecule has 1 heterocycles. The summed E-state index contributed by atoms with van der Waals surface area (Å²) in [5.74, 6) is 0. The van der Waals surface area contributed by atoms with Gasteiger partial charge in [0.25, 0.3) is 0 Å². The van der Waals surface area contributed by atoms with E-state index in [2.05, 4.69) is 31.0 Å². The van der Waals surface area contributed by atoms with E-state index in [-0.39, 0.29) is 11.5 Å². The second-order valence-electron chi connectivity index (χ2n) is 4.83. The van der Waals surface area contributed by atoms with Crippen LogP contribution in [-0.2, 0) is 5.41 Å². The lowest BCUT2D eigenvalue weighted by Crippen LogP contribution is -2.33. The highest BCUT2D eigenvalue weighted by Crippen LogP contribution is 2.33. The average Bonchev–Trinajstić information content (AvgIpc) is 2.50. The van der Waals surface area contributed by atoms with Crippen LogP contribution in [0.4, 0.5) is 0 Å². The first-order valence-electron chi connectivity index (χ1n) is 6.84. The summed E-state index contributed by atoms with van der Waals surface area (Å²) in [6, 6.07) is 16.1. The summed E-state index contributed by atoms with van der Waals surface area (Å²) in [7, 11) is 0. The van der Waals surface area contributed by atoms with Crippen molar-refractivity contribution in [3.8, 4) is 0 Å². The van der Waals surface area contributed by atoms with Gasteiger partial charge in [-0.15, -0.1) is 0 Å². The van der Waals surface area contributed by atoms with Gasteiger partial charge in [-0.1, -0.05) is 64.1 Å². The number of hydrogen-bond donors (Lipinski definition) is 1. The smallest absolute Gasteiger partial charge is 0.0478 e. The summed E-state index contributed by atoms with van der Waals surface area (Å²) >= 11 is 0. The Balaban J connectivity index is 0.000000861. The van der Waals surface area contributed by atoms with Crippen molar-refractivity contribution in [1.82, 2.24) is 4.98 Å². The maximum Gasteiger partial charge on any atom is 0.0478 e. The van der Waals surface area contributed by atoms with E-state index >= 15 is 0 Å². The molecule has 0 aliphatic rings. The molecule has 0 saturated heterocycles. The molecule has 0 bridgehead atoms. The summed E-state index contributed by atoms with van der Waals surface area (Å²) in [5, 5.41) is 0. The molecule has 1 unspecified atom stereocenters. The maximum absolute atomic E-state index is 6.36. The van der Waals surface area contributed by atoms with Crippen molar-refractivity contribution < 1.29 is 0 Å². The van der Waals surface area contributed by atoms with E-state index in [0.29, 0.717) is 0 Å². The number of hydrogen-bond acceptors (Lipinski definition) is 2. The molecule has 0 aliphatic heterocycles. The molecule has 0 saturated carbocycles. The SMILES string of the molecule is CC.CC(C)(c1ccccn1)C(N)c1ccccc1. The van der Waals surface area contributed by atoms with E-state index in [1.54, 1.807) is 0 Å². The average molecular weight is 256 g/mol. The van der Waals surface area contributed by atoms with Crippen molar-refractivity contribution in [3.05, 3.63) is 66.0 Å². The molecule has 19 heavy (non-hydrogen) atoms. The largest absolute Gasteiger partial charge is 0.323 e. The van der Waals surface area contributed by atoms with Gasteiger partial charge in [0.1, 0.15) is 0 Å². The Hall–Kier alpha value is -1.67. The van der Waals surface area contributed by atoms with Crippen LogP contribution in [-0.4, -0.2) is 4.98 Å². The zero-order valence-corrected chi connectivity index (χ0v) is 12.3. The first-order chi connectivity index (χ1) is 9.12. The van der Waals surface area contributed by atoms with Crippen LogP contribution in [0.5, 0.6) is 0 Å². The van der Waals surface area contributed by atoms with Crippen LogP contribution in [0.2, 0.25) is 0 Å². The molecule has 0 aliphatic carbocycles. The fourth-order valence-corrected chi connectivity index (χ4v) is 1.98. The van der Waals surface area contributed by atoms with Crippen molar-refractivity contribution in [2.45, 2.75) is 39.2 Å². The van der Waals surface area contributed by atoms with Gasteiger partial charge in [-0.2, -0.15) is 0 Å². The third kappa shape index (κ3) is 3.65. The molecule has 0 spiro atoms. The van der Waals surface area contributed by atoms with Crippen LogP contribution in [0.25, 0.3) is 0 Å². The normalized spacial score (nSPS) is 12.3. The number of nitrogens with two attached hydrogens (primary N) is 1. The van der Waals surface area contributed by atoms with E-state index in [0.717, 1.165) is 11.3 Å². The molecule has 1 aromatic carbocycles. The zero-order chi connectivity index (χ0) is 14.3. The van der Waals surface area contributed by atoms with Gasteiger partial charge < -0.3 is 5.73 Å². The highest BCUT2D eigenvalue weighted by molar-refractivity contribution is 5.27. The summed E-state index contributed by atoms with van der Waals surface area (Å²) in [4.78, 5) is 4.42. The maximum atomic E-state index is 6.36.